The van der Waals surface area contributed by atoms with E-state index in [9.17, 15) is 9.59 Å². The number of fused-ring (bicyclic) bond motifs is 1. The van der Waals surface area contributed by atoms with E-state index in [0.29, 0.717) is 0 Å². The zero-order valence-electron chi connectivity index (χ0n) is 13.6. The molecule has 1 aromatic heterocycles. The van der Waals surface area contributed by atoms with E-state index in [1.165, 1.54) is 6.07 Å². The summed E-state index contributed by atoms with van der Waals surface area (Å²) in [5.41, 5.74) is 2.31. The zero-order valence-corrected chi connectivity index (χ0v) is 13.6. The van der Waals surface area contributed by atoms with Crippen molar-refractivity contribution in [3.05, 3.63) is 119 Å². The van der Waals surface area contributed by atoms with Gasteiger partial charge >= 0.3 is 0 Å². The smallest absolute Gasteiger partial charge is 0.248 e. The minimum atomic E-state index is -0.0521. The van der Waals surface area contributed by atoms with E-state index in [-0.39, 0.29) is 11.3 Å². The van der Waals surface area contributed by atoms with Gasteiger partial charge in [-0.2, -0.15) is 0 Å². The van der Waals surface area contributed by atoms with Crippen LogP contribution in [0, 0.1) is 0 Å². The van der Waals surface area contributed by atoms with E-state index in [1.807, 2.05) is 91.0 Å². The molecule has 0 saturated heterocycles. The van der Waals surface area contributed by atoms with Crippen molar-refractivity contribution in [3.8, 4) is 0 Å². The molecule has 0 aliphatic rings. The van der Waals surface area contributed by atoms with E-state index in [2.05, 4.69) is 4.98 Å². The monoisotopic (exact) mass is 327 g/mol. The molecule has 3 nitrogen and oxygen atoms in total. The topological polar surface area (TPSA) is 49.9 Å². The minimum Gasteiger partial charge on any atom is -0.322 e. The average Bonchev–Trinajstić information content (AvgIpc) is 2.69. The van der Waals surface area contributed by atoms with E-state index in [0.717, 1.165) is 22.0 Å². The number of aromatic amines is 1. The van der Waals surface area contributed by atoms with Gasteiger partial charge in [0.1, 0.15) is 0 Å². The van der Waals surface area contributed by atoms with Gasteiger partial charge in [-0.15, -0.1) is 0 Å². The lowest BCUT2D eigenvalue weighted by molar-refractivity contribution is 0.103. The van der Waals surface area contributed by atoms with Gasteiger partial charge < -0.3 is 4.98 Å². The molecule has 0 fully saturated rings. The van der Waals surface area contributed by atoms with Gasteiger partial charge in [0.15, 0.2) is 5.78 Å². The Morgan fingerprint density at radius 3 is 1.72 bits per heavy atom. The fraction of sp³-hybridized carbons (Fsp3) is 0. The Bertz CT molecular complexity index is 980. The number of hydrogen-bond acceptors (Lipinski definition) is 2. The fourth-order valence-corrected chi connectivity index (χ4v) is 2.44. The highest BCUT2D eigenvalue weighted by Gasteiger charge is 2.06. The Kier molecular flexibility index (Phi) is 5.17. The number of hydrogen-bond donors (Lipinski definition) is 1. The molecular weight excluding hydrogens is 310 g/mol. The number of rotatable bonds is 2. The number of ketones is 1. The van der Waals surface area contributed by atoms with Crippen LogP contribution in [0.5, 0.6) is 0 Å². The zero-order chi connectivity index (χ0) is 17.5. The van der Waals surface area contributed by atoms with Gasteiger partial charge in [0.2, 0.25) is 5.56 Å². The lowest BCUT2D eigenvalue weighted by Gasteiger charge is -1.99. The highest BCUT2D eigenvalue weighted by atomic mass is 16.1. The Balaban J connectivity index is 0.000000150. The molecule has 0 aliphatic heterocycles. The molecule has 3 heteroatoms. The molecule has 4 aromatic rings. The van der Waals surface area contributed by atoms with Crippen LogP contribution in [0.25, 0.3) is 10.9 Å². The second-order valence-electron chi connectivity index (χ2n) is 5.47. The van der Waals surface area contributed by atoms with Crippen molar-refractivity contribution < 1.29 is 4.79 Å². The third-order valence-corrected chi connectivity index (χ3v) is 3.70. The summed E-state index contributed by atoms with van der Waals surface area (Å²) in [6, 6.07) is 29.6. The second kappa shape index (κ2) is 7.88. The molecule has 4 rings (SSSR count). The van der Waals surface area contributed by atoms with Gasteiger partial charge in [-0.05, 0) is 17.5 Å². The van der Waals surface area contributed by atoms with Crippen molar-refractivity contribution in [1.82, 2.24) is 4.98 Å². The van der Waals surface area contributed by atoms with Crippen molar-refractivity contribution in [1.29, 1.82) is 0 Å². The van der Waals surface area contributed by atoms with E-state index in [1.54, 1.807) is 0 Å². The minimum absolute atomic E-state index is 0.0521. The summed E-state index contributed by atoms with van der Waals surface area (Å²) in [4.78, 5) is 25.4. The first kappa shape index (κ1) is 16.4. The Labute approximate surface area is 145 Å². The number of carbonyl (C=O) groups excluding carboxylic acids is 1. The summed E-state index contributed by atoms with van der Waals surface area (Å²) in [6.07, 6.45) is 0. The number of pyridine rings is 1. The van der Waals surface area contributed by atoms with Crippen molar-refractivity contribution in [3.63, 3.8) is 0 Å². The molecule has 122 valence electrons. The van der Waals surface area contributed by atoms with Crippen molar-refractivity contribution >= 4 is 16.7 Å². The van der Waals surface area contributed by atoms with Crippen LogP contribution in [0.4, 0.5) is 0 Å². The molecule has 0 aliphatic carbocycles. The number of para-hydroxylation sites is 1. The molecule has 0 radical (unpaired) electrons. The van der Waals surface area contributed by atoms with Gasteiger partial charge in [0.05, 0.1) is 0 Å². The summed E-state index contributed by atoms with van der Waals surface area (Å²) < 4.78 is 0. The van der Waals surface area contributed by atoms with Crippen molar-refractivity contribution in [2.24, 2.45) is 0 Å². The molecule has 0 saturated carbocycles. The first-order valence-electron chi connectivity index (χ1n) is 7.97. The third-order valence-electron chi connectivity index (χ3n) is 3.70. The lowest BCUT2D eigenvalue weighted by Crippen LogP contribution is -2.01. The van der Waals surface area contributed by atoms with Gasteiger partial charge in [-0.3, -0.25) is 9.59 Å². The molecule has 3 aromatic carbocycles. The van der Waals surface area contributed by atoms with Crippen molar-refractivity contribution in [2.45, 2.75) is 0 Å². The average molecular weight is 327 g/mol. The maximum atomic E-state index is 11.8. The normalized spacial score (nSPS) is 9.92. The first-order chi connectivity index (χ1) is 12.2. The van der Waals surface area contributed by atoms with Crippen LogP contribution < -0.4 is 5.56 Å². The van der Waals surface area contributed by atoms with Gasteiger partial charge in [-0.25, -0.2) is 0 Å². The molecule has 1 heterocycles. The number of nitrogens with one attached hydrogen (secondary N) is 1. The highest BCUT2D eigenvalue weighted by Crippen LogP contribution is 2.08. The van der Waals surface area contributed by atoms with E-state index in [4.69, 9.17) is 0 Å². The fourth-order valence-electron chi connectivity index (χ4n) is 2.44. The molecule has 25 heavy (non-hydrogen) atoms. The lowest BCUT2D eigenvalue weighted by atomic mass is 10.0. The summed E-state index contributed by atoms with van der Waals surface area (Å²) in [6.45, 7) is 0. The maximum Gasteiger partial charge on any atom is 0.248 e. The van der Waals surface area contributed by atoms with Gasteiger partial charge in [-0.1, -0.05) is 78.9 Å². The van der Waals surface area contributed by atoms with Gasteiger partial charge in [0.25, 0.3) is 0 Å². The number of H-pyrrole nitrogens is 1. The second-order valence-corrected chi connectivity index (χ2v) is 5.47. The predicted octanol–water partition coefficient (Wildman–Crippen LogP) is 4.45. The van der Waals surface area contributed by atoms with Crippen LogP contribution in [0.2, 0.25) is 0 Å². The quantitative estimate of drug-likeness (QED) is 0.553. The largest absolute Gasteiger partial charge is 0.322 e. The molecule has 0 atom stereocenters. The predicted molar refractivity (Wildman–Crippen MR) is 101 cm³/mol. The van der Waals surface area contributed by atoms with E-state index < -0.39 is 0 Å². The number of aromatic nitrogens is 1. The maximum absolute atomic E-state index is 11.8. The van der Waals surface area contributed by atoms with Crippen molar-refractivity contribution in [2.75, 3.05) is 0 Å². The summed E-state index contributed by atoms with van der Waals surface area (Å²) in [5.74, 6) is 0.0752. The van der Waals surface area contributed by atoms with Gasteiger partial charge in [0, 0.05) is 22.7 Å². The number of benzene rings is 3. The first-order valence-corrected chi connectivity index (χ1v) is 7.97. The summed E-state index contributed by atoms with van der Waals surface area (Å²) >= 11 is 0. The van der Waals surface area contributed by atoms with Crippen LogP contribution in [-0.4, -0.2) is 10.8 Å². The van der Waals surface area contributed by atoms with Crippen LogP contribution in [-0.2, 0) is 0 Å². The third kappa shape index (κ3) is 4.30. The number of carbonyl (C=O) groups is 1. The molecule has 1 N–H and O–H groups in total. The van der Waals surface area contributed by atoms with Crippen LogP contribution >= 0.6 is 0 Å². The van der Waals surface area contributed by atoms with E-state index >= 15 is 0 Å². The molecule has 0 amide bonds. The Morgan fingerprint density at radius 2 is 1.12 bits per heavy atom. The summed E-state index contributed by atoms with van der Waals surface area (Å²) in [5, 5.41) is 1.06. The molecule has 0 spiro atoms. The Hall–Kier alpha value is -3.46. The highest BCUT2D eigenvalue weighted by molar-refractivity contribution is 6.08. The van der Waals surface area contributed by atoms with Crippen LogP contribution in [0.15, 0.2) is 102 Å². The molecule has 0 unspecified atom stereocenters. The SMILES string of the molecule is O=C(c1ccccc1)c1ccccc1.O=c1ccc2ccccc2[nH]1. The summed E-state index contributed by atoms with van der Waals surface area (Å²) in [7, 11) is 0. The molecular formula is C22H17NO2. The van der Waals surface area contributed by atoms with Crippen LogP contribution in [0.3, 0.4) is 0 Å². The molecule has 0 bridgehead atoms. The van der Waals surface area contributed by atoms with Crippen LogP contribution in [0.1, 0.15) is 15.9 Å². The Morgan fingerprint density at radius 1 is 0.600 bits per heavy atom. The standard InChI is InChI=1S/C13H10O.C9H7NO/c14-13(11-7-3-1-4-8-11)12-9-5-2-6-10-12;11-9-6-5-7-3-1-2-4-8(7)10-9/h1-10H;1-6H,(H,10,11).